The summed E-state index contributed by atoms with van der Waals surface area (Å²) in [5.41, 5.74) is 8.03. The highest BCUT2D eigenvalue weighted by atomic mass is 16.5. The van der Waals surface area contributed by atoms with Crippen LogP contribution in [0.15, 0.2) is 18.2 Å². The maximum atomic E-state index is 9.49. The number of hydrogen-bond acceptors (Lipinski definition) is 4. The van der Waals surface area contributed by atoms with Gasteiger partial charge in [0.15, 0.2) is 0 Å². The molecule has 1 saturated heterocycles. The highest BCUT2D eigenvalue weighted by Gasteiger charge is 2.44. The Morgan fingerprint density at radius 3 is 2.67 bits per heavy atom. The minimum absolute atomic E-state index is 0.0560. The van der Waals surface area contributed by atoms with Gasteiger partial charge in [-0.25, -0.2) is 0 Å². The number of aliphatic hydroxyl groups is 1. The van der Waals surface area contributed by atoms with Crippen molar-refractivity contribution in [2.24, 2.45) is 11.1 Å². The van der Waals surface area contributed by atoms with Gasteiger partial charge in [0.1, 0.15) is 5.75 Å². The van der Waals surface area contributed by atoms with Gasteiger partial charge in [0.2, 0.25) is 0 Å². The molecule has 0 radical (unpaired) electrons. The lowest BCUT2D eigenvalue weighted by atomic mass is 9.76. The van der Waals surface area contributed by atoms with Crippen molar-refractivity contribution in [1.82, 2.24) is 0 Å². The molecule has 100 valence electrons. The second-order valence-corrected chi connectivity index (χ2v) is 4.95. The predicted molar refractivity (Wildman–Crippen MR) is 69.6 cm³/mol. The summed E-state index contributed by atoms with van der Waals surface area (Å²) in [6.45, 7) is 5.73. The van der Waals surface area contributed by atoms with E-state index in [1.165, 1.54) is 0 Å². The standard InChI is InChI=1S/C14H21NO3/c1-3-18-12-5-4-11(6-10(12)2)13(15)14(7-16)8-17-9-14/h4-6,13,16H,3,7-9,15H2,1-2H3. The molecule has 1 atom stereocenters. The highest BCUT2D eigenvalue weighted by molar-refractivity contribution is 5.38. The molecule has 0 bridgehead atoms. The smallest absolute Gasteiger partial charge is 0.122 e. The Hall–Kier alpha value is -1.10. The van der Waals surface area contributed by atoms with E-state index in [4.69, 9.17) is 15.2 Å². The van der Waals surface area contributed by atoms with Crippen LogP contribution in [0.3, 0.4) is 0 Å². The van der Waals surface area contributed by atoms with E-state index in [9.17, 15) is 5.11 Å². The van der Waals surface area contributed by atoms with E-state index >= 15 is 0 Å². The van der Waals surface area contributed by atoms with Crippen LogP contribution in [-0.2, 0) is 4.74 Å². The van der Waals surface area contributed by atoms with E-state index in [0.29, 0.717) is 19.8 Å². The lowest BCUT2D eigenvalue weighted by Gasteiger charge is -2.44. The van der Waals surface area contributed by atoms with Crippen molar-refractivity contribution < 1.29 is 14.6 Å². The number of aliphatic hydroxyl groups excluding tert-OH is 1. The van der Waals surface area contributed by atoms with Crippen LogP contribution >= 0.6 is 0 Å². The largest absolute Gasteiger partial charge is 0.494 e. The first-order valence-electron chi connectivity index (χ1n) is 6.30. The molecule has 0 aromatic heterocycles. The molecule has 2 rings (SSSR count). The quantitative estimate of drug-likeness (QED) is 0.830. The molecule has 0 amide bonds. The monoisotopic (exact) mass is 251 g/mol. The van der Waals surface area contributed by atoms with Gasteiger partial charge >= 0.3 is 0 Å². The van der Waals surface area contributed by atoms with Crippen molar-refractivity contribution in [3.8, 4) is 5.75 Å². The van der Waals surface area contributed by atoms with Crippen LogP contribution in [0.5, 0.6) is 5.75 Å². The number of nitrogens with two attached hydrogens (primary N) is 1. The van der Waals surface area contributed by atoms with E-state index in [1.54, 1.807) is 0 Å². The topological polar surface area (TPSA) is 64.7 Å². The van der Waals surface area contributed by atoms with Gasteiger partial charge in [0.25, 0.3) is 0 Å². The van der Waals surface area contributed by atoms with Gasteiger partial charge in [0, 0.05) is 6.04 Å². The van der Waals surface area contributed by atoms with E-state index < -0.39 is 0 Å². The highest BCUT2D eigenvalue weighted by Crippen LogP contribution is 2.39. The molecular weight excluding hydrogens is 230 g/mol. The molecule has 3 N–H and O–H groups in total. The molecular formula is C14H21NO3. The fraction of sp³-hybridized carbons (Fsp3) is 0.571. The summed E-state index contributed by atoms with van der Waals surface area (Å²) < 4.78 is 10.7. The first kappa shape index (κ1) is 13.3. The minimum atomic E-state index is -0.320. The van der Waals surface area contributed by atoms with E-state index in [1.807, 2.05) is 32.0 Å². The minimum Gasteiger partial charge on any atom is -0.494 e. The Kier molecular flexibility index (Phi) is 3.90. The van der Waals surface area contributed by atoms with Crippen LogP contribution in [0, 0.1) is 12.3 Å². The zero-order valence-corrected chi connectivity index (χ0v) is 11.0. The average molecular weight is 251 g/mol. The third kappa shape index (κ3) is 2.23. The predicted octanol–water partition coefficient (Wildman–Crippen LogP) is 1.40. The Bertz CT molecular complexity index is 410. The Morgan fingerprint density at radius 1 is 1.50 bits per heavy atom. The fourth-order valence-electron chi connectivity index (χ4n) is 2.27. The Labute approximate surface area is 108 Å². The van der Waals surface area contributed by atoms with E-state index in [0.717, 1.165) is 16.9 Å². The summed E-state index contributed by atoms with van der Waals surface area (Å²) in [7, 11) is 0. The summed E-state index contributed by atoms with van der Waals surface area (Å²) in [5.74, 6) is 0.886. The maximum absolute atomic E-state index is 9.49. The molecule has 1 heterocycles. The molecule has 4 heteroatoms. The van der Waals surface area contributed by atoms with E-state index in [2.05, 4.69) is 0 Å². The summed E-state index contributed by atoms with van der Waals surface area (Å²) >= 11 is 0. The molecule has 1 aliphatic rings. The zero-order chi connectivity index (χ0) is 13.2. The Balaban J connectivity index is 2.20. The van der Waals surface area contributed by atoms with Crippen LogP contribution in [0.1, 0.15) is 24.1 Å². The molecule has 1 aliphatic heterocycles. The van der Waals surface area contributed by atoms with Crippen LogP contribution in [0.2, 0.25) is 0 Å². The van der Waals surface area contributed by atoms with Gasteiger partial charge in [-0.15, -0.1) is 0 Å². The normalized spacial score (nSPS) is 19.1. The zero-order valence-electron chi connectivity index (χ0n) is 11.0. The summed E-state index contributed by atoms with van der Waals surface area (Å²) in [6.07, 6.45) is 0. The number of benzene rings is 1. The molecule has 0 aliphatic carbocycles. The van der Waals surface area contributed by atoms with Crippen molar-refractivity contribution in [3.05, 3.63) is 29.3 Å². The lowest BCUT2D eigenvalue weighted by Crippen LogP contribution is -2.52. The summed E-state index contributed by atoms with van der Waals surface area (Å²) in [4.78, 5) is 0. The third-order valence-corrected chi connectivity index (χ3v) is 3.61. The van der Waals surface area contributed by atoms with Crippen LogP contribution in [0.4, 0.5) is 0 Å². The van der Waals surface area contributed by atoms with Crippen LogP contribution in [0.25, 0.3) is 0 Å². The van der Waals surface area contributed by atoms with E-state index in [-0.39, 0.29) is 18.1 Å². The van der Waals surface area contributed by atoms with Crippen molar-refractivity contribution in [1.29, 1.82) is 0 Å². The molecule has 1 aromatic rings. The maximum Gasteiger partial charge on any atom is 0.122 e. The molecule has 1 aromatic carbocycles. The molecule has 4 nitrogen and oxygen atoms in total. The van der Waals surface area contributed by atoms with Crippen molar-refractivity contribution >= 4 is 0 Å². The van der Waals surface area contributed by atoms with Gasteiger partial charge in [-0.3, -0.25) is 0 Å². The van der Waals surface area contributed by atoms with Crippen LogP contribution in [-0.4, -0.2) is 31.5 Å². The van der Waals surface area contributed by atoms with Crippen molar-refractivity contribution in [2.75, 3.05) is 26.4 Å². The first-order valence-corrected chi connectivity index (χ1v) is 6.30. The molecule has 1 unspecified atom stereocenters. The van der Waals surface area contributed by atoms with Gasteiger partial charge < -0.3 is 20.3 Å². The average Bonchev–Trinajstić information content (AvgIpc) is 2.31. The number of rotatable bonds is 5. The number of hydrogen-bond donors (Lipinski definition) is 2. The van der Waals surface area contributed by atoms with Gasteiger partial charge in [-0.1, -0.05) is 12.1 Å². The van der Waals surface area contributed by atoms with Crippen molar-refractivity contribution in [3.63, 3.8) is 0 Å². The van der Waals surface area contributed by atoms with Crippen LogP contribution < -0.4 is 10.5 Å². The number of aryl methyl sites for hydroxylation is 1. The van der Waals surface area contributed by atoms with Crippen molar-refractivity contribution in [2.45, 2.75) is 19.9 Å². The molecule has 18 heavy (non-hydrogen) atoms. The summed E-state index contributed by atoms with van der Waals surface area (Å²) in [6, 6.07) is 5.74. The third-order valence-electron chi connectivity index (χ3n) is 3.61. The first-order chi connectivity index (χ1) is 8.63. The number of ether oxygens (including phenoxy) is 2. The molecule has 0 spiro atoms. The van der Waals surface area contributed by atoms with Gasteiger partial charge in [-0.05, 0) is 31.0 Å². The molecule has 1 fully saturated rings. The molecule has 0 saturated carbocycles. The van der Waals surface area contributed by atoms with Gasteiger partial charge in [-0.2, -0.15) is 0 Å². The Morgan fingerprint density at radius 2 is 2.22 bits per heavy atom. The van der Waals surface area contributed by atoms with Gasteiger partial charge in [0.05, 0.1) is 31.8 Å². The lowest BCUT2D eigenvalue weighted by molar-refractivity contribution is -0.150. The second-order valence-electron chi connectivity index (χ2n) is 4.95. The fourth-order valence-corrected chi connectivity index (χ4v) is 2.27. The SMILES string of the molecule is CCOc1ccc(C(N)C2(CO)COC2)cc1C. The second kappa shape index (κ2) is 5.26. The summed E-state index contributed by atoms with van der Waals surface area (Å²) in [5, 5.41) is 9.49.